The number of hydrogen-bond donors (Lipinski definition) is 0. The van der Waals surface area contributed by atoms with Crippen molar-refractivity contribution >= 4 is 22.8 Å². The summed E-state index contributed by atoms with van der Waals surface area (Å²) in [5, 5.41) is 8.68. The molecular weight excluding hydrogens is 306 g/mol. The minimum Gasteiger partial charge on any atom is -0.345 e. The molecule has 2 saturated heterocycles. The number of carbonyl (C=O) groups excluding carboxylic acids is 2. The Morgan fingerprint density at radius 1 is 1.17 bits per heavy atom. The maximum Gasteiger partial charge on any atom is 0.246 e. The van der Waals surface area contributed by atoms with Crippen molar-refractivity contribution in [3.8, 4) is 0 Å². The average Bonchev–Trinajstić information content (AvgIpc) is 3.17. The van der Waals surface area contributed by atoms with Crippen molar-refractivity contribution < 1.29 is 9.59 Å². The van der Waals surface area contributed by atoms with Crippen LogP contribution in [0.3, 0.4) is 0 Å². The van der Waals surface area contributed by atoms with Gasteiger partial charge in [0.05, 0.1) is 5.41 Å². The van der Waals surface area contributed by atoms with Gasteiger partial charge in [0.15, 0.2) is 0 Å². The summed E-state index contributed by atoms with van der Waals surface area (Å²) in [6, 6.07) is 7.56. The largest absolute Gasteiger partial charge is 0.345 e. The Balaban J connectivity index is 1.46. The summed E-state index contributed by atoms with van der Waals surface area (Å²) in [5.74, 6) is 0.167. The highest BCUT2D eigenvalue weighted by Gasteiger charge is 2.48. The maximum absolute atomic E-state index is 12.6. The van der Waals surface area contributed by atoms with Crippen LogP contribution in [-0.4, -0.2) is 63.3 Å². The van der Waals surface area contributed by atoms with Crippen molar-refractivity contribution in [3.05, 3.63) is 24.3 Å². The number of nitrogens with zero attached hydrogens (tertiary/aromatic N) is 5. The normalized spacial score (nSPS) is 24.3. The summed E-state index contributed by atoms with van der Waals surface area (Å²) < 4.78 is 0. The van der Waals surface area contributed by atoms with E-state index in [0.29, 0.717) is 13.1 Å². The number of rotatable bonds is 2. The van der Waals surface area contributed by atoms with E-state index >= 15 is 0 Å². The fraction of sp³-hybridized carbons (Fsp3) is 0.529. The smallest absolute Gasteiger partial charge is 0.246 e. The fourth-order valence-corrected chi connectivity index (χ4v) is 3.93. The number of carbonyl (C=O) groups is 2. The van der Waals surface area contributed by atoms with Crippen LogP contribution < -0.4 is 0 Å². The van der Waals surface area contributed by atoms with Gasteiger partial charge in [0.2, 0.25) is 11.8 Å². The summed E-state index contributed by atoms with van der Waals surface area (Å²) in [7, 11) is 1.85. The summed E-state index contributed by atoms with van der Waals surface area (Å²) in [4.78, 5) is 30.2. The first-order valence-electron chi connectivity index (χ1n) is 8.41. The van der Waals surface area contributed by atoms with Crippen molar-refractivity contribution in [1.82, 2.24) is 24.8 Å². The molecular formula is C17H21N5O2. The Kier molecular flexibility index (Phi) is 3.51. The van der Waals surface area contributed by atoms with Crippen LogP contribution in [0.15, 0.2) is 24.3 Å². The number of benzene rings is 1. The third-order valence-electron chi connectivity index (χ3n) is 5.26. The number of fused-ring (bicyclic) bond motifs is 1. The second-order valence-electron chi connectivity index (χ2n) is 6.89. The van der Waals surface area contributed by atoms with Gasteiger partial charge in [-0.25, -0.2) is 0 Å². The van der Waals surface area contributed by atoms with Crippen LogP contribution in [0.1, 0.15) is 19.3 Å². The van der Waals surface area contributed by atoms with E-state index in [1.165, 1.54) is 4.80 Å². The molecule has 0 saturated carbocycles. The number of amides is 2. The zero-order valence-corrected chi connectivity index (χ0v) is 13.8. The molecule has 24 heavy (non-hydrogen) atoms. The molecule has 0 aliphatic carbocycles. The average molecular weight is 327 g/mol. The Morgan fingerprint density at radius 2 is 1.88 bits per heavy atom. The lowest BCUT2D eigenvalue weighted by Gasteiger charge is -2.37. The number of hydrogen-bond acceptors (Lipinski definition) is 4. The van der Waals surface area contributed by atoms with Crippen molar-refractivity contribution in [2.75, 3.05) is 26.7 Å². The molecule has 2 amide bonds. The molecule has 2 aliphatic rings. The molecule has 0 bridgehead atoms. The van der Waals surface area contributed by atoms with Gasteiger partial charge in [-0.15, -0.1) is 0 Å². The molecule has 0 radical (unpaired) electrons. The van der Waals surface area contributed by atoms with Crippen LogP contribution in [0.5, 0.6) is 0 Å². The molecule has 126 valence electrons. The second-order valence-corrected chi connectivity index (χ2v) is 6.89. The Bertz CT molecular complexity index is 768. The lowest BCUT2D eigenvalue weighted by atomic mass is 9.78. The molecule has 7 nitrogen and oxygen atoms in total. The molecule has 1 spiro atoms. The van der Waals surface area contributed by atoms with Gasteiger partial charge < -0.3 is 9.80 Å². The summed E-state index contributed by atoms with van der Waals surface area (Å²) in [6.45, 7) is 2.10. The highest BCUT2D eigenvalue weighted by molar-refractivity contribution is 5.86. The standard InChI is InChI=1S/C17H21N5O2/c1-20-9-4-7-17(16(20)24)8-10-21(12-17)15(23)11-22-18-13-5-2-3-6-14(13)19-22/h2-3,5-6H,4,7-12H2,1H3/t17-/m0/s1. The second kappa shape index (κ2) is 5.58. The van der Waals surface area contributed by atoms with Gasteiger partial charge >= 0.3 is 0 Å². The zero-order valence-electron chi connectivity index (χ0n) is 13.8. The fourth-order valence-electron chi connectivity index (χ4n) is 3.93. The minimum absolute atomic E-state index is 0.0202. The predicted octanol–water partition coefficient (Wildman–Crippen LogP) is 0.902. The van der Waals surface area contributed by atoms with Gasteiger partial charge in [-0.2, -0.15) is 15.0 Å². The third kappa shape index (κ3) is 2.44. The highest BCUT2D eigenvalue weighted by atomic mass is 16.2. The lowest BCUT2D eigenvalue weighted by Crippen LogP contribution is -2.48. The molecule has 2 aliphatic heterocycles. The Hall–Kier alpha value is -2.44. The molecule has 2 aromatic rings. The molecule has 1 atom stereocenters. The van der Waals surface area contributed by atoms with Gasteiger partial charge in [-0.3, -0.25) is 9.59 Å². The summed E-state index contributed by atoms with van der Waals surface area (Å²) >= 11 is 0. The van der Waals surface area contributed by atoms with Crippen molar-refractivity contribution in [1.29, 1.82) is 0 Å². The molecule has 1 aromatic carbocycles. The highest BCUT2D eigenvalue weighted by Crippen LogP contribution is 2.39. The van der Waals surface area contributed by atoms with Crippen LogP contribution in [0, 0.1) is 5.41 Å². The Labute approximate surface area is 140 Å². The van der Waals surface area contributed by atoms with Gasteiger partial charge in [0, 0.05) is 26.7 Å². The first kappa shape index (κ1) is 15.1. The maximum atomic E-state index is 12.6. The molecule has 0 unspecified atom stereocenters. The molecule has 1 aromatic heterocycles. The van der Waals surface area contributed by atoms with Crippen LogP contribution in [-0.2, 0) is 16.1 Å². The monoisotopic (exact) mass is 327 g/mol. The van der Waals surface area contributed by atoms with Gasteiger partial charge in [-0.1, -0.05) is 12.1 Å². The summed E-state index contributed by atoms with van der Waals surface area (Å²) in [5.41, 5.74) is 1.20. The quantitative estimate of drug-likeness (QED) is 0.822. The van der Waals surface area contributed by atoms with Crippen molar-refractivity contribution in [3.63, 3.8) is 0 Å². The van der Waals surface area contributed by atoms with E-state index in [2.05, 4.69) is 10.2 Å². The predicted molar refractivity (Wildman–Crippen MR) is 88.0 cm³/mol. The first-order valence-corrected chi connectivity index (χ1v) is 8.41. The van der Waals surface area contributed by atoms with E-state index in [0.717, 1.165) is 36.8 Å². The number of likely N-dealkylation sites (tertiary alicyclic amines) is 2. The SMILES string of the molecule is CN1CCC[C@@]2(CCN(C(=O)Cn3nc4ccccc4n3)C2)C1=O. The van der Waals surface area contributed by atoms with Gasteiger partial charge in [0.1, 0.15) is 17.6 Å². The Morgan fingerprint density at radius 3 is 2.58 bits per heavy atom. The van der Waals surface area contributed by atoms with Crippen LogP contribution in [0.4, 0.5) is 0 Å². The van der Waals surface area contributed by atoms with E-state index in [4.69, 9.17) is 0 Å². The number of aromatic nitrogens is 3. The minimum atomic E-state index is -0.370. The topological polar surface area (TPSA) is 71.3 Å². The van der Waals surface area contributed by atoms with E-state index in [-0.39, 0.29) is 23.8 Å². The third-order valence-corrected chi connectivity index (χ3v) is 5.26. The molecule has 3 heterocycles. The molecule has 2 fully saturated rings. The zero-order chi connectivity index (χ0) is 16.7. The molecule has 7 heteroatoms. The van der Waals surface area contributed by atoms with Crippen molar-refractivity contribution in [2.24, 2.45) is 5.41 Å². The summed E-state index contributed by atoms with van der Waals surface area (Å²) in [6.07, 6.45) is 2.65. The van der Waals surface area contributed by atoms with Crippen LogP contribution in [0.25, 0.3) is 11.0 Å². The number of piperidine rings is 1. The van der Waals surface area contributed by atoms with Crippen LogP contribution >= 0.6 is 0 Å². The van der Waals surface area contributed by atoms with Gasteiger partial charge in [0.25, 0.3) is 0 Å². The van der Waals surface area contributed by atoms with Crippen LogP contribution in [0.2, 0.25) is 0 Å². The van der Waals surface area contributed by atoms with Crippen molar-refractivity contribution in [2.45, 2.75) is 25.8 Å². The molecule has 0 N–H and O–H groups in total. The lowest BCUT2D eigenvalue weighted by molar-refractivity contribution is -0.144. The molecule has 4 rings (SSSR count). The van der Waals surface area contributed by atoms with E-state index in [9.17, 15) is 9.59 Å². The van der Waals surface area contributed by atoms with E-state index in [1.54, 1.807) is 9.80 Å². The van der Waals surface area contributed by atoms with E-state index < -0.39 is 0 Å². The first-order chi connectivity index (χ1) is 11.6. The van der Waals surface area contributed by atoms with E-state index in [1.807, 2.05) is 31.3 Å². The van der Waals surface area contributed by atoms with Gasteiger partial charge in [-0.05, 0) is 31.4 Å².